The van der Waals surface area contributed by atoms with E-state index >= 15 is 4.57 Å². The third kappa shape index (κ3) is 4.36. The Hall–Kier alpha value is -2.32. The lowest BCUT2D eigenvalue weighted by Gasteiger charge is -2.38. The van der Waals surface area contributed by atoms with E-state index < -0.39 is 12.7 Å². The fourth-order valence-corrected chi connectivity index (χ4v) is 9.24. The quantitative estimate of drug-likeness (QED) is 0.467. The SMILES string of the molecule is CC(C)(C)OC(=O)N1CCCC=C1P1(=O)[C@@H](c2ccccc2)CC[C@@H]1c1ccccc1. The average molecular weight is 438 g/mol. The van der Waals surface area contributed by atoms with Crippen molar-refractivity contribution in [3.8, 4) is 0 Å². The maximum absolute atomic E-state index is 15.2. The molecule has 2 aliphatic heterocycles. The first kappa shape index (κ1) is 21.9. The molecule has 0 radical (unpaired) electrons. The Morgan fingerprint density at radius 2 is 1.45 bits per heavy atom. The smallest absolute Gasteiger partial charge is 0.414 e. The lowest BCUT2D eigenvalue weighted by molar-refractivity contribution is 0.0316. The number of hydrogen-bond acceptors (Lipinski definition) is 3. The summed E-state index contributed by atoms with van der Waals surface area (Å²) in [6, 6.07) is 20.3. The van der Waals surface area contributed by atoms with E-state index in [0.717, 1.165) is 36.8 Å². The van der Waals surface area contributed by atoms with Gasteiger partial charge in [-0.05, 0) is 57.6 Å². The van der Waals surface area contributed by atoms with Crippen molar-refractivity contribution < 1.29 is 14.1 Å². The Kier molecular flexibility index (Phi) is 6.12. The van der Waals surface area contributed by atoms with E-state index in [2.05, 4.69) is 24.3 Å². The predicted molar refractivity (Wildman–Crippen MR) is 125 cm³/mol. The van der Waals surface area contributed by atoms with Gasteiger partial charge in [-0.15, -0.1) is 0 Å². The number of rotatable bonds is 3. The van der Waals surface area contributed by atoms with E-state index in [0.29, 0.717) is 12.0 Å². The molecule has 0 saturated carbocycles. The summed E-state index contributed by atoms with van der Waals surface area (Å²) < 4.78 is 20.9. The fourth-order valence-electron chi connectivity index (χ4n) is 4.90. The zero-order valence-electron chi connectivity index (χ0n) is 18.7. The number of carbonyl (C=O) groups is 1. The van der Waals surface area contributed by atoms with Gasteiger partial charge in [0.05, 0.1) is 5.44 Å². The molecule has 0 N–H and O–H groups in total. The van der Waals surface area contributed by atoms with Crippen molar-refractivity contribution in [1.82, 2.24) is 4.90 Å². The summed E-state index contributed by atoms with van der Waals surface area (Å²) in [7, 11) is -3.00. The number of carbonyl (C=O) groups excluding carboxylic acids is 1. The van der Waals surface area contributed by atoms with Crippen molar-refractivity contribution in [3.63, 3.8) is 0 Å². The number of nitrogens with zero attached hydrogens (tertiary/aromatic N) is 1. The predicted octanol–water partition coefficient (Wildman–Crippen LogP) is 7.50. The highest BCUT2D eigenvalue weighted by molar-refractivity contribution is 7.69. The van der Waals surface area contributed by atoms with Crippen LogP contribution in [-0.4, -0.2) is 23.1 Å². The minimum absolute atomic E-state index is 0.0896. The molecule has 5 heteroatoms. The van der Waals surface area contributed by atoms with Gasteiger partial charge in [-0.2, -0.15) is 0 Å². The van der Waals surface area contributed by atoms with Crippen molar-refractivity contribution >= 4 is 13.2 Å². The summed E-state index contributed by atoms with van der Waals surface area (Å²) in [6.45, 7) is 6.16. The number of hydrogen-bond donors (Lipinski definition) is 0. The minimum Gasteiger partial charge on any atom is -0.443 e. The minimum atomic E-state index is -3.00. The molecule has 0 aromatic heterocycles. The van der Waals surface area contributed by atoms with Crippen molar-refractivity contribution in [2.24, 2.45) is 0 Å². The second-order valence-corrected chi connectivity index (χ2v) is 12.6. The van der Waals surface area contributed by atoms with Crippen LogP contribution in [0.2, 0.25) is 0 Å². The normalized spacial score (nSPS) is 23.3. The Balaban J connectivity index is 1.81. The number of allylic oxidation sites excluding steroid dienone is 1. The van der Waals surface area contributed by atoms with Gasteiger partial charge in [0, 0.05) is 17.9 Å². The van der Waals surface area contributed by atoms with Crippen molar-refractivity contribution in [1.29, 1.82) is 0 Å². The molecular formula is C26H32NO3P. The van der Waals surface area contributed by atoms with Gasteiger partial charge in [-0.25, -0.2) is 4.79 Å². The molecule has 0 bridgehead atoms. The Morgan fingerprint density at radius 3 is 1.94 bits per heavy atom. The van der Waals surface area contributed by atoms with E-state index in [1.807, 2.05) is 63.2 Å². The molecule has 0 aliphatic carbocycles. The van der Waals surface area contributed by atoms with Crippen LogP contribution in [0.15, 0.2) is 72.2 Å². The highest BCUT2D eigenvalue weighted by atomic mass is 31.2. The number of ether oxygens (including phenoxy) is 1. The topological polar surface area (TPSA) is 46.6 Å². The van der Waals surface area contributed by atoms with Gasteiger partial charge >= 0.3 is 6.09 Å². The first-order chi connectivity index (χ1) is 14.8. The van der Waals surface area contributed by atoms with E-state index in [4.69, 9.17) is 4.74 Å². The summed E-state index contributed by atoms with van der Waals surface area (Å²) in [6.07, 6.45) is 5.04. The molecule has 1 fully saturated rings. The van der Waals surface area contributed by atoms with E-state index in [1.165, 1.54) is 0 Å². The molecule has 164 valence electrons. The highest BCUT2D eigenvalue weighted by Gasteiger charge is 2.52. The summed E-state index contributed by atoms with van der Waals surface area (Å²) in [4.78, 5) is 14.8. The number of amides is 1. The van der Waals surface area contributed by atoms with Crippen molar-refractivity contribution in [2.75, 3.05) is 6.54 Å². The molecule has 0 spiro atoms. The van der Waals surface area contributed by atoms with Crippen LogP contribution in [0, 0.1) is 0 Å². The van der Waals surface area contributed by atoms with E-state index in [1.54, 1.807) is 4.90 Å². The Bertz CT molecular complexity index is 943. The van der Waals surface area contributed by atoms with Gasteiger partial charge < -0.3 is 9.30 Å². The van der Waals surface area contributed by atoms with Crippen molar-refractivity contribution in [2.45, 2.75) is 63.4 Å². The molecule has 2 atom stereocenters. The number of benzene rings is 2. The summed E-state index contributed by atoms with van der Waals surface area (Å²) in [5, 5.41) is 0. The van der Waals surface area contributed by atoms with Gasteiger partial charge in [0.1, 0.15) is 12.7 Å². The molecule has 4 nitrogen and oxygen atoms in total. The second-order valence-electron chi connectivity index (χ2n) is 9.48. The summed E-state index contributed by atoms with van der Waals surface area (Å²) >= 11 is 0. The van der Waals surface area contributed by atoms with Gasteiger partial charge in [-0.3, -0.25) is 4.90 Å². The van der Waals surface area contributed by atoms with Gasteiger partial charge in [0.25, 0.3) is 0 Å². The maximum atomic E-state index is 15.2. The molecule has 2 heterocycles. The van der Waals surface area contributed by atoms with Gasteiger partial charge in [-0.1, -0.05) is 66.7 Å². The summed E-state index contributed by atoms with van der Waals surface area (Å²) in [5.74, 6) is 0. The van der Waals surface area contributed by atoms with Crippen LogP contribution in [0.25, 0.3) is 0 Å². The molecule has 2 aromatic rings. The zero-order valence-corrected chi connectivity index (χ0v) is 19.6. The monoisotopic (exact) mass is 437 g/mol. The lowest BCUT2D eigenvalue weighted by atomic mass is 10.0. The molecule has 2 aromatic carbocycles. The van der Waals surface area contributed by atoms with Crippen LogP contribution in [0.1, 0.15) is 68.9 Å². The third-order valence-corrected chi connectivity index (χ3v) is 10.3. The van der Waals surface area contributed by atoms with Crippen LogP contribution in [0.5, 0.6) is 0 Å². The molecular weight excluding hydrogens is 405 g/mol. The van der Waals surface area contributed by atoms with Crippen LogP contribution in [0.3, 0.4) is 0 Å². The maximum Gasteiger partial charge on any atom is 0.414 e. The lowest BCUT2D eigenvalue weighted by Crippen LogP contribution is -2.38. The highest BCUT2D eigenvalue weighted by Crippen LogP contribution is 2.81. The molecule has 1 amide bonds. The summed E-state index contributed by atoms with van der Waals surface area (Å²) in [5.41, 5.74) is 2.12. The van der Waals surface area contributed by atoms with Crippen molar-refractivity contribution in [3.05, 3.63) is 83.3 Å². The van der Waals surface area contributed by atoms with Crippen LogP contribution in [0.4, 0.5) is 4.79 Å². The third-order valence-electron chi connectivity index (χ3n) is 6.17. The Morgan fingerprint density at radius 1 is 0.935 bits per heavy atom. The molecule has 4 rings (SSSR count). The molecule has 1 saturated heterocycles. The van der Waals surface area contributed by atoms with E-state index in [-0.39, 0.29) is 17.4 Å². The zero-order chi connectivity index (χ0) is 22.1. The molecule has 0 unspecified atom stereocenters. The van der Waals surface area contributed by atoms with E-state index in [9.17, 15) is 4.79 Å². The second kappa shape index (κ2) is 8.67. The van der Waals surface area contributed by atoms with Gasteiger partial charge in [0.2, 0.25) is 0 Å². The van der Waals surface area contributed by atoms with Crippen LogP contribution in [-0.2, 0) is 9.30 Å². The first-order valence-electron chi connectivity index (χ1n) is 11.2. The van der Waals surface area contributed by atoms with Crippen LogP contribution >= 0.6 is 7.14 Å². The molecule has 2 aliphatic rings. The fraction of sp³-hybridized carbons (Fsp3) is 0.423. The molecule has 31 heavy (non-hydrogen) atoms. The largest absolute Gasteiger partial charge is 0.443 e. The van der Waals surface area contributed by atoms with Gasteiger partial charge in [0.15, 0.2) is 0 Å². The standard InChI is InChI=1S/C26H32NO3P/c1-26(2,3)30-25(28)27-19-11-10-16-24(27)31(29)22(20-12-6-4-7-13-20)17-18-23(31)21-14-8-5-9-15-21/h4-9,12-16,22-23H,10-11,17-19H2,1-3H3/t22-,23-/m1/s1. The average Bonchev–Trinajstić information content (AvgIpc) is 3.12. The Labute approximate surface area is 185 Å². The van der Waals surface area contributed by atoms with Crippen LogP contribution < -0.4 is 0 Å². The first-order valence-corrected chi connectivity index (χ1v) is 13.1.